The van der Waals surface area contributed by atoms with E-state index in [-0.39, 0.29) is 0 Å². The summed E-state index contributed by atoms with van der Waals surface area (Å²) in [4.78, 5) is 1.42. The first kappa shape index (κ1) is 14.5. The lowest BCUT2D eigenvalue weighted by atomic mass is 10.1. The maximum atomic E-state index is 3.57. The van der Waals surface area contributed by atoms with E-state index in [2.05, 4.69) is 87.2 Å². The number of hydrogen-bond acceptors (Lipinski definition) is 2. The lowest BCUT2D eigenvalue weighted by Crippen LogP contribution is -2.21. The van der Waals surface area contributed by atoms with Crippen molar-refractivity contribution in [3.05, 3.63) is 54.2 Å². The maximum absolute atomic E-state index is 3.57. The van der Waals surface area contributed by atoms with E-state index >= 15 is 0 Å². The molecule has 1 atom stereocenters. The van der Waals surface area contributed by atoms with Crippen molar-refractivity contribution in [2.75, 3.05) is 6.54 Å². The number of hydrogen-bond donors (Lipinski definition) is 1. The highest BCUT2D eigenvalue weighted by Crippen LogP contribution is 2.22. The Morgan fingerprint density at radius 3 is 2.56 bits per heavy atom. The van der Waals surface area contributed by atoms with Crippen molar-refractivity contribution in [3.63, 3.8) is 0 Å². The van der Waals surface area contributed by atoms with Crippen molar-refractivity contribution < 1.29 is 0 Å². The van der Waals surface area contributed by atoms with E-state index in [0.29, 0.717) is 6.04 Å². The summed E-state index contributed by atoms with van der Waals surface area (Å²) in [5.74, 6) is 0. The lowest BCUT2D eigenvalue weighted by molar-refractivity contribution is 0.578. The number of nitrogens with one attached hydrogen (secondary N) is 1. The molecule has 1 aromatic carbocycles. The van der Waals surface area contributed by atoms with Crippen LogP contribution >= 0.6 is 49.9 Å². The smallest absolute Gasteiger partial charge is 0.0701 e. The van der Waals surface area contributed by atoms with E-state index in [4.69, 9.17) is 0 Å². The largest absolute Gasteiger partial charge is 0.310 e. The maximum Gasteiger partial charge on any atom is 0.0701 e. The molecule has 2 rings (SSSR count). The molecule has 0 radical (unpaired) electrons. The van der Waals surface area contributed by atoms with Gasteiger partial charge in [-0.3, -0.25) is 0 Å². The fourth-order valence-corrected chi connectivity index (χ4v) is 3.61. The van der Waals surface area contributed by atoms with Gasteiger partial charge in [-0.15, -0.1) is 11.3 Å². The second-order valence-corrected chi connectivity index (χ2v) is 7.98. The first-order valence-corrected chi connectivity index (χ1v) is 8.57. The first-order chi connectivity index (χ1) is 8.65. The third kappa shape index (κ3) is 4.33. The molecule has 96 valence electrons. The van der Waals surface area contributed by atoms with Crippen LogP contribution in [0.3, 0.4) is 0 Å². The fraction of sp³-hybridized carbons (Fsp3) is 0.286. The topological polar surface area (TPSA) is 12.0 Å². The summed E-state index contributed by atoms with van der Waals surface area (Å²) in [6.45, 7) is 3.23. The van der Waals surface area contributed by atoms with Crippen LogP contribution in [0.1, 0.15) is 23.4 Å². The molecule has 1 aromatic heterocycles. The molecule has 1 unspecified atom stereocenters. The second kappa shape index (κ2) is 7.03. The van der Waals surface area contributed by atoms with Gasteiger partial charge < -0.3 is 5.32 Å². The molecule has 0 aliphatic rings. The summed E-state index contributed by atoms with van der Waals surface area (Å²) in [6.07, 6.45) is 1.09. The zero-order valence-corrected chi connectivity index (χ0v) is 14.7. The Hall–Kier alpha value is 0.0900. The molecule has 1 nitrogen and oxygen atoms in total. The van der Waals surface area contributed by atoms with Gasteiger partial charge in [0, 0.05) is 21.0 Å². The third-order valence-corrected chi connectivity index (χ3v) is 5.22. The van der Waals surface area contributed by atoms with Crippen molar-refractivity contribution in [2.24, 2.45) is 0 Å². The van der Waals surface area contributed by atoms with E-state index in [1.165, 1.54) is 17.8 Å². The Bertz CT molecular complexity index is 495. The third-order valence-electron chi connectivity index (χ3n) is 2.82. The molecule has 18 heavy (non-hydrogen) atoms. The first-order valence-electron chi connectivity index (χ1n) is 5.88. The minimum atomic E-state index is 0.408. The van der Waals surface area contributed by atoms with Crippen LogP contribution < -0.4 is 5.32 Å². The summed E-state index contributed by atoms with van der Waals surface area (Å²) >= 11 is 7.64. The van der Waals surface area contributed by atoms with E-state index in [0.717, 1.165) is 13.0 Å². The van der Waals surface area contributed by atoms with Crippen LogP contribution in [-0.4, -0.2) is 6.54 Å². The molecule has 0 saturated heterocycles. The molecular weight excluding hydrogens is 421 g/mol. The molecule has 1 heterocycles. The van der Waals surface area contributed by atoms with Crippen LogP contribution in [0.15, 0.2) is 40.2 Å². The number of rotatable bonds is 5. The zero-order chi connectivity index (χ0) is 13.0. The molecule has 0 bridgehead atoms. The molecule has 1 N–H and O–H groups in total. The molecule has 4 heteroatoms. The highest BCUT2D eigenvalue weighted by Gasteiger charge is 2.04. The highest BCUT2D eigenvalue weighted by molar-refractivity contribution is 14.1. The zero-order valence-electron chi connectivity index (χ0n) is 10.1. The van der Waals surface area contributed by atoms with Crippen LogP contribution in [-0.2, 0) is 6.42 Å². The molecule has 0 fully saturated rings. The quantitative estimate of drug-likeness (QED) is 0.651. The average Bonchev–Trinajstić information content (AvgIpc) is 2.76. The molecule has 0 aliphatic heterocycles. The molecular formula is C14H15BrINS. The standard InChI is InChI=1S/C14H15BrINS/c1-10(11-2-4-12(16)5-3-11)17-9-8-13-6-7-14(15)18-13/h2-7,10,17H,8-9H2,1H3. The van der Waals surface area contributed by atoms with Crippen LogP contribution in [0, 0.1) is 3.57 Å². The van der Waals surface area contributed by atoms with E-state index < -0.39 is 0 Å². The van der Waals surface area contributed by atoms with Crippen LogP contribution in [0.25, 0.3) is 0 Å². The van der Waals surface area contributed by atoms with Gasteiger partial charge in [-0.25, -0.2) is 0 Å². The monoisotopic (exact) mass is 435 g/mol. The Balaban J connectivity index is 1.81. The second-order valence-electron chi connectivity index (χ2n) is 4.18. The van der Waals surface area contributed by atoms with Crippen LogP contribution in [0.5, 0.6) is 0 Å². The summed E-state index contributed by atoms with van der Waals surface area (Å²) in [7, 11) is 0. The summed E-state index contributed by atoms with van der Waals surface area (Å²) in [5.41, 5.74) is 1.35. The van der Waals surface area contributed by atoms with Crippen LogP contribution in [0.2, 0.25) is 0 Å². The predicted octanol–water partition coefficient (Wildman–Crippen LogP) is 5.01. The van der Waals surface area contributed by atoms with Gasteiger partial charge in [0.2, 0.25) is 0 Å². The van der Waals surface area contributed by atoms with Gasteiger partial charge in [0.25, 0.3) is 0 Å². The SMILES string of the molecule is CC(NCCc1ccc(Br)s1)c1ccc(I)cc1. The van der Waals surface area contributed by atoms with E-state index in [9.17, 15) is 0 Å². The Labute approximate surface area is 134 Å². The Morgan fingerprint density at radius 2 is 1.94 bits per heavy atom. The summed E-state index contributed by atoms with van der Waals surface area (Å²) < 4.78 is 2.50. The summed E-state index contributed by atoms with van der Waals surface area (Å²) in [6, 6.07) is 13.4. The van der Waals surface area contributed by atoms with Crippen molar-refractivity contribution >= 4 is 49.9 Å². The van der Waals surface area contributed by atoms with Crippen molar-refractivity contribution in [2.45, 2.75) is 19.4 Å². The van der Waals surface area contributed by atoms with Crippen molar-refractivity contribution in [1.82, 2.24) is 5.32 Å². The van der Waals surface area contributed by atoms with Crippen molar-refractivity contribution in [3.8, 4) is 0 Å². The van der Waals surface area contributed by atoms with Gasteiger partial charge >= 0.3 is 0 Å². The lowest BCUT2D eigenvalue weighted by Gasteiger charge is -2.13. The Morgan fingerprint density at radius 1 is 1.22 bits per heavy atom. The molecule has 0 aliphatic carbocycles. The minimum absolute atomic E-state index is 0.408. The van der Waals surface area contributed by atoms with E-state index in [1.807, 2.05) is 11.3 Å². The van der Waals surface area contributed by atoms with Gasteiger partial charge in [-0.05, 0) is 81.7 Å². The molecule has 0 amide bonds. The number of thiophene rings is 1. The van der Waals surface area contributed by atoms with E-state index in [1.54, 1.807) is 0 Å². The number of halogens is 2. The average molecular weight is 436 g/mol. The summed E-state index contributed by atoms with van der Waals surface area (Å²) in [5, 5.41) is 3.57. The highest BCUT2D eigenvalue weighted by atomic mass is 127. The van der Waals surface area contributed by atoms with Gasteiger partial charge in [-0.1, -0.05) is 12.1 Å². The van der Waals surface area contributed by atoms with Crippen LogP contribution in [0.4, 0.5) is 0 Å². The predicted molar refractivity (Wildman–Crippen MR) is 91.3 cm³/mol. The fourth-order valence-electron chi connectivity index (χ4n) is 1.77. The van der Waals surface area contributed by atoms with Crippen molar-refractivity contribution in [1.29, 1.82) is 0 Å². The minimum Gasteiger partial charge on any atom is -0.310 e. The molecule has 2 aromatic rings. The van der Waals surface area contributed by atoms with Gasteiger partial charge in [0.1, 0.15) is 0 Å². The molecule has 0 spiro atoms. The molecule has 0 saturated carbocycles. The van der Waals surface area contributed by atoms with Gasteiger partial charge in [0.15, 0.2) is 0 Å². The Kier molecular flexibility index (Phi) is 5.66. The normalized spacial score (nSPS) is 12.6. The van der Waals surface area contributed by atoms with Gasteiger partial charge in [-0.2, -0.15) is 0 Å². The van der Waals surface area contributed by atoms with Gasteiger partial charge in [0.05, 0.1) is 3.79 Å². The number of benzene rings is 1.